The van der Waals surface area contributed by atoms with Gasteiger partial charge in [-0.05, 0) is 62.4 Å². The van der Waals surface area contributed by atoms with Crippen molar-refractivity contribution in [3.63, 3.8) is 0 Å². The standard InChI is InChI=1S/C27H36N2O2/c1-4-29(5-2)27(30)25-14-12-23(13-15-25)26(22-10-8-7-9-11-22)24-16-18-28(19-17-24)20-21-31-6-3/h7-15H,4-6,16-21H2,1-3H3. The highest BCUT2D eigenvalue weighted by atomic mass is 16.5. The number of carbonyl (C=O) groups is 1. The Morgan fingerprint density at radius 3 is 2.03 bits per heavy atom. The number of rotatable bonds is 9. The molecule has 0 bridgehead atoms. The fourth-order valence-corrected chi connectivity index (χ4v) is 4.29. The molecule has 4 heteroatoms. The van der Waals surface area contributed by atoms with Gasteiger partial charge in [0.25, 0.3) is 5.91 Å². The number of carbonyl (C=O) groups excluding carboxylic acids is 1. The second-order valence-corrected chi connectivity index (χ2v) is 7.94. The fraction of sp³-hybridized carbons (Fsp3) is 0.444. The van der Waals surface area contributed by atoms with Gasteiger partial charge in [0.2, 0.25) is 0 Å². The second-order valence-electron chi connectivity index (χ2n) is 7.94. The molecule has 3 rings (SSSR count). The monoisotopic (exact) mass is 420 g/mol. The van der Waals surface area contributed by atoms with Gasteiger partial charge < -0.3 is 14.5 Å². The Morgan fingerprint density at radius 1 is 0.871 bits per heavy atom. The van der Waals surface area contributed by atoms with E-state index in [1.165, 1.54) is 22.3 Å². The lowest BCUT2D eigenvalue weighted by Crippen LogP contribution is -2.33. The Bertz CT molecular complexity index is 845. The average molecular weight is 421 g/mol. The van der Waals surface area contributed by atoms with E-state index in [2.05, 4.69) is 47.4 Å². The van der Waals surface area contributed by atoms with Gasteiger partial charge >= 0.3 is 0 Å². The van der Waals surface area contributed by atoms with Crippen LogP contribution in [0.1, 0.15) is 55.1 Å². The molecule has 0 aromatic heterocycles. The van der Waals surface area contributed by atoms with Gasteiger partial charge in [0.05, 0.1) is 6.61 Å². The topological polar surface area (TPSA) is 32.8 Å². The minimum Gasteiger partial charge on any atom is -0.380 e. The van der Waals surface area contributed by atoms with Crippen molar-refractivity contribution in [3.8, 4) is 0 Å². The number of piperidine rings is 1. The molecule has 1 saturated heterocycles. The first-order valence-corrected chi connectivity index (χ1v) is 11.6. The van der Waals surface area contributed by atoms with E-state index >= 15 is 0 Å². The van der Waals surface area contributed by atoms with Gasteiger partial charge in [0, 0.05) is 44.9 Å². The average Bonchev–Trinajstić information content (AvgIpc) is 2.82. The van der Waals surface area contributed by atoms with Crippen molar-refractivity contribution in [2.45, 2.75) is 33.6 Å². The number of benzene rings is 2. The van der Waals surface area contributed by atoms with E-state index in [1.807, 2.05) is 37.8 Å². The maximum Gasteiger partial charge on any atom is 0.253 e. The number of likely N-dealkylation sites (tertiary alicyclic amines) is 1. The van der Waals surface area contributed by atoms with Crippen molar-refractivity contribution >= 4 is 11.5 Å². The molecule has 1 amide bonds. The molecule has 0 N–H and O–H groups in total. The van der Waals surface area contributed by atoms with E-state index in [0.29, 0.717) is 0 Å². The number of hydrogen-bond acceptors (Lipinski definition) is 3. The summed E-state index contributed by atoms with van der Waals surface area (Å²) in [6.45, 7) is 12.3. The highest BCUT2D eigenvalue weighted by Gasteiger charge is 2.19. The molecule has 0 saturated carbocycles. The van der Waals surface area contributed by atoms with E-state index in [4.69, 9.17) is 4.74 Å². The first-order chi connectivity index (χ1) is 15.2. The third-order valence-corrected chi connectivity index (χ3v) is 6.10. The summed E-state index contributed by atoms with van der Waals surface area (Å²) in [7, 11) is 0. The lowest BCUT2D eigenvalue weighted by molar-refractivity contribution is 0.0773. The molecule has 0 radical (unpaired) electrons. The van der Waals surface area contributed by atoms with Gasteiger partial charge in [-0.1, -0.05) is 48.0 Å². The number of amides is 1. The summed E-state index contributed by atoms with van der Waals surface area (Å²) in [5, 5.41) is 0. The van der Waals surface area contributed by atoms with Crippen LogP contribution >= 0.6 is 0 Å². The largest absolute Gasteiger partial charge is 0.380 e. The highest BCUT2D eigenvalue weighted by molar-refractivity contribution is 5.95. The number of ether oxygens (including phenoxy) is 1. The van der Waals surface area contributed by atoms with Crippen LogP contribution in [0.4, 0.5) is 0 Å². The molecule has 166 valence electrons. The minimum absolute atomic E-state index is 0.105. The van der Waals surface area contributed by atoms with Crippen molar-refractivity contribution < 1.29 is 9.53 Å². The van der Waals surface area contributed by atoms with E-state index in [-0.39, 0.29) is 5.91 Å². The molecule has 0 atom stereocenters. The zero-order valence-corrected chi connectivity index (χ0v) is 19.3. The lowest BCUT2D eigenvalue weighted by Gasteiger charge is -2.30. The molecule has 1 aliphatic heterocycles. The van der Waals surface area contributed by atoms with Crippen molar-refractivity contribution in [1.82, 2.24) is 9.80 Å². The predicted octanol–water partition coefficient (Wildman–Crippen LogP) is 5.10. The maximum atomic E-state index is 12.7. The third-order valence-electron chi connectivity index (χ3n) is 6.10. The summed E-state index contributed by atoms with van der Waals surface area (Å²) < 4.78 is 5.53. The van der Waals surface area contributed by atoms with Crippen LogP contribution in [0, 0.1) is 0 Å². The van der Waals surface area contributed by atoms with Gasteiger partial charge in [-0.15, -0.1) is 0 Å². The Hall–Kier alpha value is -2.43. The zero-order valence-electron chi connectivity index (χ0n) is 19.3. The molecule has 0 spiro atoms. The molecule has 2 aromatic carbocycles. The molecular weight excluding hydrogens is 384 g/mol. The van der Waals surface area contributed by atoms with Gasteiger partial charge in [0.15, 0.2) is 0 Å². The summed E-state index contributed by atoms with van der Waals surface area (Å²) in [6, 6.07) is 18.9. The molecule has 0 aliphatic carbocycles. The molecule has 1 fully saturated rings. The Morgan fingerprint density at radius 2 is 1.45 bits per heavy atom. The zero-order chi connectivity index (χ0) is 22.1. The van der Waals surface area contributed by atoms with Crippen LogP contribution in [0.15, 0.2) is 60.2 Å². The summed E-state index contributed by atoms with van der Waals surface area (Å²) >= 11 is 0. The molecule has 1 heterocycles. The van der Waals surface area contributed by atoms with Crippen molar-refractivity contribution in [2.24, 2.45) is 0 Å². The Balaban J connectivity index is 1.84. The number of hydrogen-bond donors (Lipinski definition) is 0. The summed E-state index contributed by atoms with van der Waals surface area (Å²) in [5.74, 6) is 0.105. The normalized spacial score (nSPS) is 14.5. The molecular formula is C27H36N2O2. The van der Waals surface area contributed by atoms with Crippen LogP contribution < -0.4 is 0 Å². The van der Waals surface area contributed by atoms with Crippen molar-refractivity contribution in [2.75, 3.05) is 45.9 Å². The Kier molecular flexibility index (Phi) is 8.86. The molecule has 0 unspecified atom stereocenters. The van der Waals surface area contributed by atoms with Gasteiger partial charge in [-0.25, -0.2) is 0 Å². The van der Waals surface area contributed by atoms with Crippen LogP contribution in [-0.2, 0) is 4.74 Å². The van der Waals surface area contributed by atoms with Crippen LogP contribution in [-0.4, -0.2) is 61.6 Å². The lowest BCUT2D eigenvalue weighted by atomic mass is 9.88. The van der Waals surface area contributed by atoms with Gasteiger partial charge in [0.1, 0.15) is 0 Å². The SMILES string of the molecule is CCOCCN1CCC(=C(c2ccccc2)c2ccc(C(=O)N(CC)CC)cc2)CC1. The van der Waals surface area contributed by atoms with Gasteiger partial charge in [-0.2, -0.15) is 0 Å². The maximum absolute atomic E-state index is 12.7. The second kappa shape index (κ2) is 11.8. The minimum atomic E-state index is 0.105. The quantitative estimate of drug-likeness (QED) is 0.529. The summed E-state index contributed by atoms with van der Waals surface area (Å²) in [4.78, 5) is 17.1. The summed E-state index contributed by atoms with van der Waals surface area (Å²) in [6.07, 6.45) is 2.13. The van der Waals surface area contributed by atoms with Gasteiger partial charge in [-0.3, -0.25) is 4.79 Å². The van der Waals surface area contributed by atoms with Crippen molar-refractivity contribution in [3.05, 3.63) is 76.9 Å². The predicted molar refractivity (Wildman–Crippen MR) is 128 cm³/mol. The number of nitrogens with zero attached hydrogens (tertiary/aromatic N) is 2. The highest BCUT2D eigenvalue weighted by Crippen LogP contribution is 2.32. The van der Waals surface area contributed by atoms with E-state index in [9.17, 15) is 4.79 Å². The van der Waals surface area contributed by atoms with Crippen LogP contribution in [0.5, 0.6) is 0 Å². The summed E-state index contributed by atoms with van der Waals surface area (Å²) in [5.41, 5.74) is 6.03. The van der Waals surface area contributed by atoms with Crippen LogP contribution in [0.25, 0.3) is 5.57 Å². The van der Waals surface area contributed by atoms with Crippen LogP contribution in [0.2, 0.25) is 0 Å². The molecule has 2 aromatic rings. The van der Waals surface area contributed by atoms with E-state index in [0.717, 1.165) is 64.3 Å². The molecule has 31 heavy (non-hydrogen) atoms. The molecule has 1 aliphatic rings. The fourth-order valence-electron chi connectivity index (χ4n) is 4.29. The smallest absolute Gasteiger partial charge is 0.253 e. The van der Waals surface area contributed by atoms with Crippen molar-refractivity contribution in [1.29, 1.82) is 0 Å². The first-order valence-electron chi connectivity index (χ1n) is 11.6. The van der Waals surface area contributed by atoms with E-state index < -0.39 is 0 Å². The third kappa shape index (κ3) is 6.05. The first kappa shape index (κ1) is 23.2. The van der Waals surface area contributed by atoms with Crippen LogP contribution in [0.3, 0.4) is 0 Å². The molecule has 4 nitrogen and oxygen atoms in total. The van der Waals surface area contributed by atoms with E-state index in [1.54, 1.807) is 0 Å². The Labute approximate surface area is 187 Å².